The van der Waals surface area contributed by atoms with E-state index >= 15 is 0 Å². The van der Waals surface area contributed by atoms with Gasteiger partial charge in [-0.05, 0) is 18.8 Å². The molecule has 0 saturated carbocycles. The SMILES string of the molecule is CCCC(C)CC(O)C(CC)OC. The molecule has 2 nitrogen and oxygen atoms in total. The van der Waals surface area contributed by atoms with Crippen LogP contribution < -0.4 is 0 Å². The molecule has 0 heterocycles. The zero-order valence-corrected chi connectivity index (χ0v) is 9.42. The minimum absolute atomic E-state index is 0.0132. The first-order valence-corrected chi connectivity index (χ1v) is 5.36. The van der Waals surface area contributed by atoms with Gasteiger partial charge in [-0.3, -0.25) is 0 Å². The maximum absolute atomic E-state index is 9.78. The fourth-order valence-electron chi connectivity index (χ4n) is 1.77. The van der Waals surface area contributed by atoms with Crippen LogP contribution >= 0.6 is 0 Å². The molecule has 0 aromatic heterocycles. The summed E-state index contributed by atoms with van der Waals surface area (Å²) >= 11 is 0. The molecule has 0 aromatic rings. The van der Waals surface area contributed by atoms with Crippen LogP contribution in [0.3, 0.4) is 0 Å². The standard InChI is InChI=1S/C11H24O2/c1-5-7-9(3)8-10(12)11(6-2)13-4/h9-12H,5-8H2,1-4H3. The summed E-state index contributed by atoms with van der Waals surface area (Å²) < 4.78 is 5.19. The largest absolute Gasteiger partial charge is 0.390 e. The van der Waals surface area contributed by atoms with Gasteiger partial charge in [0.2, 0.25) is 0 Å². The molecule has 0 saturated heterocycles. The average molecular weight is 188 g/mol. The molecular weight excluding hydrogens is 164 g/mol. The fourth-order valence-corrected chi connectivity index (χ4v) is 1.77. The second-order valence-corrected chi connectivity index (χ2v) is 3.88. The van der Waals surface area contributed by atoms with Crippen molar-refractivity contribution in [1.29, 1.82) is 0 Å². The summed E-state index contributed by atoms with van der Waals surface area (Å²) in [4.78, 5) is 0. The lowest BCUT2D eigenvalue weighted by Crippen LogP contribution is -2.28. The van der Waals surface area contributed by atoms with Crippen LogP contribution in [0.5, 0.6) is 0 Å². The third kappa shape index (κ3) is 5.27. The van der Waals surface area contributed by atoms with Gasteiger partial charge in [0, 0.05) is 7.11 Å². The molecule has 80 valence electrons. The number of hydrogen-bond acceptors (Lipinski definition) is 2. The summed E-state index contributed by atoms with van der Waals surface area (Å²) in [5.41, 5.74) is 0. The van der Waals surface area contributed by atoms with E-state index < -0.39 is 0 Å². The third-order valence-electron chi connectivity index (χ3n) is 2.56. The molecule has 0 amide bonds. The third-order valence-corrected chi connectivity index (χ3v) is 2.56. The molecular formula is C11H24O2. The van der Waals surface area contributed by atoms with Gasteiger partial charge in [0.25, 0.3) is 0 Å². The molecule has 3 unspecified atom stereocenters. The van der Waals surface area contributed by atoms with E-state index in [2.05, 4.69) is 13.8 Å². The van der Waals surface area contributed by atoms with E-state index in [1.54, 1.807) is 7.11 Å². The van der Waals surface area contributed by atoms with Crippen molar-refractivity contribution in [3.63, 3.8) is 0 Å². The Hall–Kier alpha value is -0.0800. The summed E-state index contributed by atoms with van der Waals surface area (Å²) in [6, 6.07) is 0. The van der Waals surface area contributed by atoms with Crippen molar-refractivity contribution in [3.8, 4) is 0 Å². The van der Waals surface area contributed by atoms with Crippen molar-refractivity contribution < 1.29 is 9.84 Å². The smallest absolute Gasteiger partial charge is 0.0827 e. The van der Waals surface area contributed by atoms with Gasteiger partial charge in [-0.1, -0.05) is 33.6 Å². The molecule has 0 radical (unpaired) electrons. The number of hydrogen-bond donors (Lipinski definition) is 1. The minimum atomic E-state index is -0.295. The zero-order chi connectivity index (χ0) is 10.3. The summed E-state index contributed by atoms with van der Waals surface area (Å²) in [6.07, 6.45) is 3.85. The summed E-state index contributed by atoms with van der Waals surface area (Å²) in [5.74, 6) is 0.601. The molecule has 0 aliphatic carbocycles. The van der Waals surface area contributed by atoms with Gasteiger partial charge in [-0.15, -0.1) is 0 Å². The second-order valence-electron chi connectivity index (χ2n) is 3.88. The summed E-state index contributed by atoms with van der Waals surface area (Å²) in [6.45, 7) is 6.41. The highest BCUT2D eigenvalue weighted by atomic mass is 16.5. The Morgan fingerprint density at radius 2 is 1.92 bits per heavy atom. The Bertz CT molecular complexity index is 111. The first kappa shape index (κ1) is 12.9. The van der Waals surface area contributed by atoms with Crippen molar-refractivity contribution in [2.45, 2.75) is 58.7 Å². The predicted molar refractivity (Wildman–Crippen MR) is 55.8 cm³/mol. The van der Waals surface area contributed by atoms with Gasteiger partial charge < -0.3 is 9.84 Å². The molecule has 2 heteroatoms. The fraction of sp³-hybridized carbons (Fsp3) is 1.00. The van der Waals surface area contributed by atoms with Crippen LogP contribution in [0.25, 0.3) is 0 Å². The van der Waals surface area contributed by atoms with E-state index in [1.807, 2.05) is 6.92 Å². The predicted octanol–water partition coefficient (Wildman–Crippen LogP) is 2.60. The quantitative estimate of drug-likeness (QED) is 0.665. The molecule has 0 aliphatic heterocycles. The van der Waals surface area contributed by atoms with Crippen molar-refractivity contribution in [3.05, 3.63) is 0 Å². The van der Waals surface area contributed by atoms with Crippen LogP contribution in [-0.2, 0) is 4.74 Å². The van der Waals surface area contributed by atoms with Gasteiger partial charge in [-0.2, -0.15) is 0 Å². The van der Waals surface area contributed by atoms with Crippen LogP contribution in [0.4, 0.5) is 0 Å². The lowest BCUT2D eigenvalue weighted by Gasteiger charge is -2.22. The van der Waals surface area contributed by atoms with E-state index in [4.69, 9.17) is 4.74 Å². The van der Waals surface area contributed by atoms with Gasteiger partial charge in [-0.25, -0.2) is 0 Å². The highest BCUT2D eigenvalue weighted by Gasteiger charge is 2.18. The Morgan fingerprint density at radius 1 is 1.31 bits per heavy atom. The molecule has 0 spiro atoms. The highest BCUT2D eigenvalue weighted by molar-refractivity contribution is 4.69. The molecule has 0 aromatic carbocycles. The van der Waals surface area contributed by atoms with Crippen LogP contribution in [0.2, 0.25) is 0 Å². The van der Waals surface area contributed by atoms with E-state index in [0.29, 0.717) is 5.92 Å². The molecule has 0 bridgehead atoms. The maximum atomic E-state index is 9.78. The molecule has 3 atom stereocenters. The van der Waals surface area contributed by atoms with Crippen LogP contribution in [0.1, 0.15) is 46.5 Å². The Labute approximate surface area is 82.3 Å². The van der Waals surface area contributed by atoms with E-state index in [-0.39, 0.29) is 12.2 Å². The number of rotatable bonds is 7. The molecule has 1 N–H and O–H groups in total. The second kappa shape index (κ2) is 7.34. The van der Waals surface area contributed by atoms with E-state index in [0.717, 1.165) is 12.8 Å². The molecule has 13 heavy (non-hydrogen) atoms. The van der Waals surface area contributed by atoms with Gasteiger partial charge >= 0.3 is 0 Å². The van der Waals surface area contributed by atoms with Gasteiger partial charge in [0.1, 0.15) is 0 Å². The van der Waals surface area contributed by atoms with Crippen molar-refractivity contribution >= 4 is 0 Å². The normalized spacial score (nSPS) is 18.2. The topological polar surface area (TPSA) is 29.5 Å². The summed E-state index contributed by atoms with van der Waals surface area (Å²) in [5, 5.41) is 9.78. The van der Waals surface area contributed by atoms with Crippen LogP contribution in [-0.4, -0.2) is 24.4 Å². The zero-order valence-electron chi connectivity index (χ0n) is 9.42. The van der Waals surface area contributed by atoms with E-state index in [1.165, 1.54) is 12.8 Å². The number of ether oxygens (including phenoxy) is 1. The molecule has 0 aliphatic rings. The van der Waals surface area contributed by atoms with Gasteiger partial charge in [0.05, 0.1) is 12.2 Å². The molecule has 0 fully saturated rings. The van der Waals surface area contributed by atoms with Crippen molar-refractivity contribution in [1.82, 2.24) is 0 Å². The van der Waals surface area contributed by atoms with Crippen LogP contribution in [0, 0.1) is 5.92 Å². The average Bonchev–Trinajstić information content (AvgIpc) is 2.06. The maximum Gasteiger partial charge on any atom is 0.0827 e. The Morgan fingerprint density at radius 3 is 2.31 bits per heavy atom. The van der Waals surface area contributed by atoms with Crippen molar-refractivity contribution in [2.24, 2.45) is 5.92 Å². The Kier molecular flexibility index (Phi) is 7.29. The monoisotopic (exact) mass is 188 g/mol. The number of methoxy groups -OCH3 is 1. The number of aliphatic hydroxyl groups is 1. The van der Waals surface area contributed by atoms with Crippen molar-refractivity contribution in [2.75, 3.05) is 7.11 Å². The lowest BCUT2D eigenvalue weighted by molar-refractivity contribution is -0.0239. The number of aliphatic hydroxyl groups excluding tert-OH is 1. The van der Waals surface area contributed by atoms with Gasteiger partial charge in [0.15, 0.2) is 0 Å². The summed E-state index contributed by atoms with van der Waals surface area (Å²) in [7, 11) is 1.67. The molecule has 0 rings (SSSR count). The minimum Gasteiger partial charge on any atom is -0.390 e. The van der Waals surface area contributed by atoms with Crippen LogP contribution in [0.15, 0.2) is 0 Å². The highest BCUT2D eigenvalue weighted by Crippen LogP contribution is 2.16. The Balaban J connectivity index is 3.75. The first-order chi connectivity index (χ1) is 6.15. The lowest BCUT2D eigenvalue weighted by atomic mass is 9.95. The first-order valence-electron chi connectivity index (χ1n) is 5.36. The van der Waals surface area contributed by atoms with E-state index in [9.17, 15) is 5.11 Å².